The van der Waals surface area contributed by atoms with Crippen molar-refractivity contribution in [1.29, 1.82) is 0 Å². The molecule has 39 heavy (non-hydrogen) atoms. The molecule has 226 valence electrons. The van der Waals surface area contributed by atoms with Gasteiger partial charge in [-0.3, -0.25) is 19.2 Å². The molecule has 1 aliphatic heterocycles. The second-order valence-electron chi connectivity index (χ2n) is 11.0. The van der Waals surface area contributed by atoms with Crippen LogP contribution in [0, 0.1) is 5.92 Å². The zero-order valence-electron chi connectivity index (χ0n) is 25.0. The number of Topliss-reactive ketones (excluding diaryl/α,β-unsaturated/α-hetero) is 2. The van der Waals surface area contributed by atoms with E-state index in [-0.39, 0.29) is 79.7 Å². The molecular weight excluding hydrogens is 504 g/mol. The van der Waals surface area contributed by atoms with Crippen LogP contribution < -0.4 is 5.32 Å². The summed E-state index contributed by atoms with van der Waals surface area (Å²) in [7, 11) is 0. The van der Waals surface area contributed by atoms with Gasteiger partial charge in [-0.1, -0.05) is 13.8 Å². The average Bonchev–Trinajstić information content (AvgIpc) is 3.27. The number of hydrogen-bond donors (Lipinski definition) is 1. The first-order valence-corrected chi connectivity index (χ1v) is 14.5. The third-order valence-corrected chi connectivity index (χ3v) is 6.33. The van der Waals surface area contributed by atoms with E-state index in [0.717, 1.165) is 6.42 Å². The number of nitrogens with zero attached hydrogens (tertiary/aromatic N) is 1. The van der Waals surface area contributed by atoms with Crippen molar-refractivity contribution in [1.82, 2.24) is 10.2 Å². The van der Waals surface area contributed by atoms with Gasteiger partial charge in [-0.2, -0.15) is 0 Å². The topological polar surface area (TPSA) is 120 Å². The molecule has 0 spiro atoms. The van der Waals surface area contributed by atoms with E-state index in [0.29, 0.717) is 58.6 Å². The lowest BCUT2D eigenvalue weighted by atomic mass is 10.0. The largest absolute Gasteiger partial charge is 0.377 e. The first-order chi connectivity index (χ1) is 18.5. The molecule has 1 fully saturated rings. The molecule has 0 aliphatic carbocycles. The van der Waals surface area contributed by atoms with Crippen LogP contribution in [0.2, 0.25) is 0 Å². The monoisotopic (exact) mass is 556 g/mol. The van der Waals surface area contributed by atoms with Crippen LogP contribution in [0.15, 0.2) is 0 Å². The van der Waals surface area contributed by atoms with E-state index in [9.17, 15) is 19.2 Å². The number of nitrogens with one attached hydrogen (secondary N) is 1. The third-order valence-electron chi connectivity index (χ3n) is 6.33. The van der Waals surface area contributed by atoms with Gasteiger partial charge in [-0.05, 0) is 47.0 Å². The van der Waals surface area contributed by atoms with Crippen LogP contribution in [0.1, 0.15) is 86.5 Å². The SMILES string of the molecule is CC(C)OC[C@@H]1C[C@@H](OC(C)C)CN1C(=O)CCCCC(=O)COCCOCCNC(=O)CCC(=O)C(C)C. The Labute approximate surface area is 234 Å². The molecule has 0 saturated carbocycles. The molecule has 2 amide bonds. The number of likely N-dealkylation sites (tertiary alicyclic amines) is 1. The molecule has 0 bridgehead atoms. The number of ether oxygens (including phenoxy) is 4. The molecule has 0 aromatic heterocycles. The second kappa shape index (κ2) is 20.1. The van der Waals surface area contributed by atoms with Crippen LogP contribution in [0.5, 0.6) is 0 Å². The number of hydrogen-bond acceptors (Lipinski definition) is 8. The van der Waals surface area contributed by atoms with Crippen molar-refractivity contribution in [2.75, 3.05) is 46.1 Å². The van der Waals surface area contributed by atoms with Crippen molar-refractivity contribution < 1.29 is 38.1 Å². The van der Waals surface area contributed by atoms with Gasteiger partial charge in [0.05, 0.1) is 50.8 Å². The zero-order valence-corrected chi connectivity index (χ0v) is 25.0. The molecule has 1 saturated heterocycles. The highest BCUT2D eigenvalue weighted by atomic mass is 16.5. The quantitative estimate of drug-likeness (QED) is 0.202. The van der Waals surface area contributed by atoms with Crippen LogP contribution >= 0.6 is 0 Å². The first kappa shape index (κ1) is 35.1. The molecule has 1 aliphatic rings. The lowest BCUT2D eigenvalue weighted by Crippen LogP contribution is -2.39. The summed E-state index contributed by atoms with van der Waals surface area (Å²) in [6.07, 6.45) is 3.54. The molecule has 10 heteroatoms. The average molecular weight is 557 g/mol. The minimum Gasteiger partial charge on any atom is -0.377 e. The number of unbranched alkanes of at least 4 members (excludes halogenated alkanes) is 1. The molecule has 1 N–H and O–H groups in total. The fourth-order valence-corrected chi connectivity index (χ4v) is 4.22. The fraction of sp³-hybridized carbons (Fsp3) is 0.862. The van der Waals surface area contributed by atoms with Crippen molar-refractivity contribution in [2.24, 2.45) is 5.92 Å². The minimum absolute atomic E-state index is 0.000405. The molecule has 1 heterocycles. The summed E-state index contributed by atoms with van der Waals surface area (Å²) in [6.45, 7) is 14.0. The van der Waals surface area contributed by atoms with Gasteiger partial charge in [0, 0.05) is 44.7 Å². The molecule has 0 radical (unpaired) electrons. The molecule has 2 atom stereocenters. The third kappa shape index (κ3) is 16.7. The lowest BCUT2D eigenvalue weighted by molar-refractivity contribution is -0.134. The maximum Gasteiger partial charge on any atom is 0.222 e. The number of carbonyl (C=O) groups excluding carboxylic acids is 4. The van der Waals surface area contributed by atoms with Gasteiger partial charge in [-0.25, -0.2) is 0 Å². The molecule has 1 rings (SSSR count). The summed E-state index contributed by atoms with van der Waals surface area (Å²) >= 11 is 0. The number of rotatable bonds is 22. The highest BCUT2D eigenvalue weighted by molar-refractivity contribution is 5.85. The minimum atomic E-state index is -0.166. The Kier molecular flexibility index (Phi) is 18.1. The van der Waals surface area contributed by atoms with Gasteiger partial charge in [0.25, 0.3) is 0 Å². The Morgan fingerprint density at radius 1 is 0.846 bits per heavy atom. The summed E-state index contributed by atoms with van der Waals surface area (Å²) in [5.41, 5.74) is 0. The van der Waals surface area contributed by atoms with Gasteiger partial charge >= 0.3 is 0 Å². The molecular formula is C29H52N2O8. The highest BCUT2D eigenvalue weighted by Crippen LogP contribution is 2.24. The van der Waals surface area contributed by atoms with E-state index in [1.165, 1.54) is 0 Å². The van der Waals surface area contributed by atoms with E-state index in [2.05, 4.69) is 5.32 Å². The number of ketones is 2. The Morgan fingerprint density at radius 2 is 1.54 bits per heavy atom. The van der Waals surface area contributed by atoms with Gasteiger partial charge < -0.3 is 29.2 Å². The van der Waals surface area contributed by atoms with Gasteiger partial charge in [0.1, 0.15) is 12.4 Å². The number of amides is 2. The van der Waals surface area contributed by atoms with Crippen LogP contribution in [-0.4, -0.2) is 98.8 Å². The normalized spacial score (nSPS) is 17.4. The van der Waals surface area contributed by atoms with Crippen LogP contribution in [0.3, 0.4) is 0 Å². The van der Waals surface area contributed by atoms with Gasteiger partial charge in [-0.15, -0.1) is 0 Å². The summed E-state index contributed by atoms with van der Waals surface area (Å²) in [4.78, 5) is 50.1. The van der Waals surface area contributed by atoms with E-state index < -0.39 is 0 Å². The van der Waals surface area contributed by atoms with Crippen LogP contribution in [-0.2, 0) is 38.1 Å². The Morgan fingerprint density at radius 3 is 2.21 bits per heavy atom. The van der Waals surface area contributed by atoms with E-state index >= 15 is 0 Å². The number of carbonyl (C=O) groups is 4. The Hall–Kier alpha value is -1.88. The fourth-order valence-electron chi connectivity index (χ4n) is 4.22. The van der Waals surface area contributed by atoms with E-state index in [1.54, 1.807) is 0 Å². The van der Waals surface area contributed by atoms with E-state index in [4.69, 9.17) is 18.9 Å². The maximum atomic E-state index is 12.9. The van der Waals surface area contributed by atoms with Gasteiger partial charge in [0.15, 0.2) is 5.78 Å². The van der Waals surface area contributed by atoms with Crippen LogP contribution in [0.4, 0.5) is 0 Å². The van der Waals surface area contributed by atoms with Crippen molar-refractivity contribution in [3.8, 4) is 0 Å². The Balaban J connectivity index is 2.10. The highest BCUT2D eigenvalue weighted by Gasteiger charge is 2.36. The standard InChI is InChI=1S/C29H52N2O8/c1-21(2)27(33)11-12-28(34)30-13-14-36-15-16-37-20-25(32)9-7-8-10-29(35)31-18-26(39-23(5)6)17-24(31)19-38-22(3)4/h21-24,26H,7-20H2,1-6H3,(H,30,34)/t24-,26+/m0/s1. The van der Waals surface area contributed by atoms with Crippen molar-refractivity contribution in [2.45, 2.75) is 111 Å². The lowest BCUT2D eigenvalue weighted by Gasteiger charge is -2.25. The van der Waals surface area contributed by atoms with Crippen molar-refractivity contribution >= 4 is 23.4 Å². The summed E-state index contributed by atoms with van der Waals surface area (Å²) in [5, 5.41) is 2.71. The summed E-state index contributed by atoms with van der Waals surface area (Å²) in [6, 6.07) is 0.0255. The van der Waals surface area contributed by atoms with Crippen molar-refractivity contribution in [3.63, 3.8) is 0 Å². The zero-order chi connectivity index (χ0) is 29.2. The van der Waals surface area contributed by atoms with E-state index in [1.807, 2.05) is 46.4 Å². The Bertz CT molecular complexity index is 741. The second-order valence-corrected chi connectivity index (χ2v) is 11.0. The first-order valence-electron chi connectivity index (χ1n) is 14.5. The molecule has 0 aromatic carbocycles. The molecule has 0 unspecified atom stereocenters. The smallest absolute Gasteiger partial charge is 0.222 e. The summed E-state index contributed by atoms with van der Waals surface area (Å²) < 4.78 is 22.5. The van der Waals surface area contributed by atoms with Crippen molar-refractivity contribution in [3.05, 3.63) is 0 Å². The van der Waals surface area contributed by atoms with Gasteiger partial charge in [0.2, 0.25) is 11.8 Å². The summed E-state index contributed by atoms with van der Waals surface area (Å²) in [5.74, 6) is -0.0563. The molecule has 10 nitrogen and oxygen atoms in total. The molecule has 0 aromatic rings. The predicted octanol–water partition coefficient (Wildman–Crippen LogP) is 3.09. The predicted molar refractivity (Wildman–Crippen MR) is 148 cm³/mol. The maximum absolute atomic E-state index is 12.9. The van der Waals surface area contributed by atoms with Crippen LogP contribution in [0.25, 0.3) is 0 Å².